The summed E-state index contributed by atoms with van der Waals surface area (Å²) in [6.07, 6.45) is 2.03. The van der Waals surface area contributed by atoms with Gasteiger partial charge in [-0.05, 0) is 69.7 Å². The average molecular weight is 451 g/mol. The topological polar surface area (TPSA) is 129 Å². The molecule has 2 aromatic rings. The molecule has 2 heterocycles. The third kappa shape index (κ3) is 6.31. The molecule has 0 saturated carbocycles. The number of rotatable bonds is 7. The molecule has 5 N–H and O–H groups in total. The number of nitrogens with two attached hydrogens (primary N) is 1. The molecule has 1 aromatic heterocycles. The number of amides is 3. The molecule has 9 nitrogen and oxygen atoms in total. The van der Waals surface area contributed by atoms with Crippen molar-refractivity contribution >= 4 is 35.0 Å². The zero-order chi connectivity index (χ0) is 24.2. The Kier molecular flexibility index (Phi) is 7.01. The first-order valence-corrected chi connectivity index (χ1v) is 10.7. The van der Waals surface area contributed by atoms with Crippen LogP contribution < -0.4 is 26.6 Å². The lowest BCUT2D eigenvalue weighted by Gasteiger charge is -2.21. The molecule has 1 aliphatic rings. The molecule has 174 valence electrons. The quantitative estimate of drug-likeness (QED) is 0.479. The van der Waals surface area contributed by atoms with Gasteiger partial charge in [-0.3, -0.25) is 14.4 Å². The van der Waals surface area contributed by atoms with Crippen LogP contribution in [0.25, 0.3) is 0 Å². The van der Waals surface area contributed by atoms with Crippen LogP contribution >= 0.6 is 0 Å². The third-order valence-electron chi connectivity index (χ3n) is 5.09. The van der Waals surface area contributed by atoms with E-state index in [-0.39, 0.29) is 29.0 Å². The molecular weight excluding hydrogens is 420 g/mol. The fraction of sp³-hybridized carbons (Fsp3) is 0.333. The zero-order valence-electron chi connectivity index (χ0n) is 19.1. The molecule has 0 radical (unpaired) electrons. The molecule has 1 saturated heterocycles. The maximum Gasteiger partial charge on any atom is 0.252 e. The fourth-order valence-electron chi connectivity index (χ4n) is 3.52. The van der Waals surface area contributed by atoms with Crippen molar-refractivity contribution in [3.05, 3.63) is 60.2 Å². The van der Waals surface area contributed by atoms with Gasteiger partial charge in [-0.1, -0.05) is 6.58 Å². The number of pyridine rings is 1. The molecule has 1 aliphatic heterocycles. The SMILES string of the molecule is C=CC(=O)N[C@H]1CCN(c2ccc(C(N)=O)c(Nc3ccc(C(=O)NC(C)(C)C)cc3)n2)C1. The molecule has 1 fully saturated rings. The van der Waals surface area contributed by atoms with Crippen molar-refractivity contribution in [1.82, 2.24) is 15.6 Å². The minimum atomic E-state index is -0.602. The summed E-state index contributed by atoms with van der Waals surface area (Å²) in [4.78, 5) is 42.5. The summed E-state index contributed by atoms with van der Waals surface area (Å²) in [6, 6.07) is 10.3. The summed E-state index contributed by atoms with van der Waals surface area (Å²) in [5, 5.41) is 8.94. The van der Waals surface area contributed by atoms with Gasteiger partial charge in [0.1, 0.15) is 11.6 Å². The van der Waals surface area contributed by atoms with Crippen molar-refractivity contribution in [2.24, 2.45) is 5.73 Å². The number of aromatic nitrogens is 1. The number of carbonyl (C=O) groups is 3. The molecule has 0 bridgehead atoms. The number of carbonyl (C=O) groups excluding carboxylic acids is 3. The van der Waals surface area contributed by atoms with Crippen LogP contribution in [0, 0.1) is 0 Å². The number of nitrogens with one attached hydrogen (secondary N) is 3. The summed E-state index contributed by atoms with van der Waals surface area (Å²) < 4.78 is 0. The first kappa shape index (κ1) is 23.8. The van der Waals surface area contributed by atoms with Crippen LogP contribution in [0.5, 0.6) is 0 Å². The normalized spacial score (nSPS) is 15.6. The highest BCUT2D eigenvalue weighted by molar-refractivity contribution is 5.99. The Bertz CT molecular complexity index is 1060. The van der Waals surface area contributed by atoms with Crippen LogP contribution in [0.15, 0.2) is 49.1 Å². The molecule has 33 heavy (non-hydrogen) atoms. The highest BCUT2D eigenvalue weighted by Gasteiger charge is 2.25. The fourth-order valence-corrected chi connectivity index (χ4v) is 3.52. The summed E-state index contributed by atoms with van der Waals surface area (Å²) >= 11 is 0. The van der Waals surface area contributed by atoms with E-state index >= 15 is 0 Å². The molecule has 1 atom stereocenters. The first-order valence-electron chi connectivity index (χ1n) is 10.7. The van der Waals surface area contributed by atoms with E-state index in [0.717, 1.165) is 6.42 Å². The van der Waals surface area contributed by atoms with E-state index < -0.39 is 5.91 Å². The monoisotopic (exact) mass is 450 g/mol. The Morgan fingerprint density at radius 2 is 1.85 bits per heavy atom. The highest BCUT2D eigenvalue weighted by atomic mass is 16.2. The predicted octanol–water partition coefficient (Wildman–Crippen LogP) is 2.33. The molecule has 3 rings (SSSR count). The van der Waals surface area contributed by atoms with Gasteiger partial charge >= 0.3 is 0 Å². The first-order chi connectivity index (χ1) is 15.6. The van der Waals surface area contributed by atoms with Gasteiger partial charge in [-0.25, -0.2) is 4.98 Å². The lowest BCUT2D eigenvalue weighted by atomic mass is 10.1. The predicted molar refractivity (Wildman–Crippen MR) is 129 cm³/mol. The van der Waals surface area contributed by atoms with Crippen LogP contribution in [0.1, 0.15) is 47.9 Å². The van der Waals surface area contributed by atoms with Gasteiger partial charge in [0, 0.05) is 35.9 Å². The maximum absolute atomic E-state index is 12.3. The van der Waals surface area contributed by atoms with E-state index in [0.29, 0.717) is 36.0 Å². The van der Waals surface area contributed by atoms with Crippen LogP contribution in [0.4, 0.5) is 17.3 Å². The van der Waals surface area contributed by atoms with Crippen molar-refractivity contribution in [3.8, 4) is 0 Å². The second-order valence-corrected chi connectivity index (χ2v) is 8.98. The second kappa shape index (κ2) is 9.72. The molecular formula is C24H30N6O3. The van der Waals surface area contributed by atoms with E-state index in [1.54, 1.807) is 36.4 Å². The Hall–Kier alpha value is -3.88. The van der Waals surface area contributed by atoms with Crippen LogP contribution in [0.3, 0.4) is 0 Å². The summed E-state index contributed by atoms with van der Waals surface area (Å²) in [7, 11) is 0. The molecule has 0 aliphatic carbocycles. The minimum absolute atomic E-state index is 0.00341. The molecule has 0 unspecified atom stereocenters. The maximum atomic E-state index is 12.3. The Morgan fingerprint density at radius 3 is 2.45 bits per heavy atom. The zero-order valence-corrected chi connectivity index (χ0v) is 19.1. The van der Waals surface area contributed by atoms with Crippen molar-refractivity contribution in [3.63, 3.8) is 0 Å². The molecule has 1 aromatic carbocycles. The lowest BCUT2D eigenvalue weighted by Crippen LogP contribution is -2.40. The lowest BCUT2D eigenvalue weighted by molar-refractivity contribution is -0.117. The third-order valence-corrected chi connectivity index (χ3v) is 5.09. The van der Waals surface area contributed by atoms with Gasteiger partial charge < -0.3 is 26.6 Å². The second-order valence-electron chi connectivity index (χ2n) is 8.98. The van der Waals surface area contributed by atoms with Crippen LogP contribution in [-0.2, 0) is 4.79 Å². The van der Waals surface area contributed by atoms with Crippen molar-refractivity contribution in [2.75, 3.05) is 23.3 Å². The van der Waals surface area contributed by atoms with Gasteiger partial charge in [0.15, 0.2) is 0 Å². The Labute approximate surface area is 193 Å². The standard InChI is InChI=1S/C24H30N6O3/c1-5-20(31)26-17-12-13-30(14-17)19-11-10-18(21(25)32)22(28-19)27-16-8-6-15(7-9-16)23(33)29-24(2,3)4/h5-11,17H,1,12-14H2,2-4H3,(H2,25,32)(H,26,31)(H,27,28)(H,29,33)/t17-/m0/s1. The largest absolute Gasteiger partial charge is 0.365 e. The van der Waals surface area contributed by atoms with E-state index in [4.69, 9.17) is 5.73 Å². The summed E-state index contributed by atoms with van der Waals surface area (Å²) in [5.74, 6) is 0.0137. The van der Waals surface area contributed by atoms with Gasteiger partial charge in [-0.2, -0.15) is 0 Å². The number of hydrogen-bond donors (Lipinski definition) is 4. The van der Waals surface area contributed by atoms with Gasteiger partial charge in [0.05, 0.1) is 5.56 Å². The van der Waals surface area contributed by atoms with Gasteiger partial charge in [0.2, 0.25) is 5.91 Å². The van der Waals surface area contributed by atoms with Crippen LogP contribution in [-0.4, -0.2) is 47.4 Å². The summed E-state index contributed by atoms with van der Waals surface area (Å²) in [6.45, 7) is 10.5. The van der Waals surface area contributed by atoms with Crippen molar-refractivity contribution in [1.29, 1.82) is 0 Å². The van der Waals surface area contributed by atoms with Gasteiger partial charge in [0.25, 0.3) is 11.8 Å². The van der Waals surface area contributed by atoms with Gasteiger partial charge in [-0.15, -0.1) is 0 Å². The molecule has 0 spiro atoms. The van der Waals surface area contributed by atoms with E-state index in [1.807, 2.05) is 25.7 Å². The Morgan fingerprint density at radius 1 is 1.15 bits per heavy atom. The van der Waals surface area contributed by atoms with Crippen molar-refractivity contribution in [2.45, 2.75) is 38.8 Å². The number of primary amides is 1. The average Bonchev–Trinajstić information content (AvgIpc) is 3.21. The molecule has 3 amide bonds. The summed E-state index contributed by atoms with van der Waals surface area (Å²) in [5.41, 5.74) is 6.65. The number of benzene rings is 1. The molecule has 9 heteroatoms. The Balaban J connectivity index is 1.77. The number of nitrogens with zero attached hydrogens (tertiary/aromatic N) is 2. The highest BCUT2D eigenvalue weighted by Crippen LogP contribution is 2.25. The van der Waals surface area contributed by atoms with Crippen LogP contribution in [0.2, 0.25) is 0 Å². The smallest absolute Gasteiger partial charge is 0.252 e. The van der Waals surface area contributed by atoms with E-state index in [9.17, 15) is 14.4 Å². The van der Waals surface area contributed by atoms with E-state index in [2.05, 4.69) is 27.5 Å². The minimum Gasteiger partial charge on any atom is -0.365 e. The number of hydrogen-bond acceptors (Lipinski definition) is 6. The number of anilines is 3. The van der Waals surface area contributed by atoms with Crippen molar-refractivity contribution < 1.29 is 14.4 Å². The van der Waals surface area contributed by atoms with E-state index in [1.165, 1.54) is 6.08 Å².